The molecule has 1 aliphatic carbocycles. The van der Waals surface area contributed by atoms with Gasteiger partial charge in [0.15, 0.2) is 0 Å². The third kappa shape index (κ3) is 5.38. The number of halogens is 3. The Morgan fingerprint density at radius 2 is 1.94 bits per heavy atom. The van der Waals surface area contributed by atoms with Crippen molar-refractivity contribution in [2.24, 2.45) is 5.92 Å². The van der Waals surface area contributed by atoms with Gasteiger partial charge in [-0.25, -0.2) is 0 Å². The molecule has 5 nitrogen and oxygen atoms in total. The minimum absolute atomic E-state index is 0.125. The van der Waals surface area contributed by atoms with Crippen molar-refractivity contribution in [1.29, 1.82) is 0 Å². The number of nitrogens with zero attached hydrogens (tertiary/aromatic N) is 2. The minimum Gasteiger partial charge on any atom is -0.385 e. The molecule has 4 atom stereocenters. The van der Waals surface area contributed by atoms with Crippen molar-refractivity contribution >= 4 is 5.91 Å². The number of hydrogen-bond acceptors (Lipinski definition) is 4. The van der Waals surface area contributed by atoms with Gasteiger partial charge in [-0.05, 0) is 42.9 Å². The van der Waals surface area contributed by atoms with Crippen LogP contribution in [0.25, 0.3) is 0 Å². The summed E-state index contributed by atoms with van der Waals surface area (Å²) in [4.78, 5) is 19.4. The number of rotatable bonds is 6. The van der Waals surface area contributed by atoms with E-state index in [9.17, 15) is 23.1 Å². The summed E-state index contributed by atoms with van der Waals surface area (Å²) in [5.74, 6) is -0.483. The molecule has 1 saturated carbocycles. The molecule has 4 rings (SSSR count). The van der Waals surface area contributed by atoms with E-state index in [1.807, 2.05) is 30.3 Å². The first kappa shape index (κ1) is 23.7. The van der Waals surface area contributed by atoms with Crippen LogP contribution in [0.5, 0.6) is 0 Å². The van der Waals surface area contributed by atoms with Crippen LogP contribution in [-0.4, -0.2) is 52.2 Å². The topological polar surface area (TPSA) is 65.5 Å². The second kappa shape index (κ2) is 9.81. The van der Waals surface area contributed by atoms with E-state index in [-0.39, 0.29) is 24.3 Å². The number of pyridine rings is 1. The normalized spacial score (nSPS) is 26.5. The van der Waals surface area contributed by atoms with E-state index in [2.05, 4.69) is 10.3 Å². The molecule has 1 aliphatic heterocycles. The van der Waals surface area contributed by atoms with Crippen LogP contribution in [0.15, 0.2) is 54.9 Å². The first-order valence-corrected chi connectivity index (χ1v) is 11.6. The number of fused-ring (bicyclic) bond motifs is 1. The fourth-order valence-corrected chi connectivity index (χ4v) is 5.48. The molecule has 0 radical (unpaired) electrons. The number of aromatic nitrogens is 1. The van der Waals surface area contributed by atoms with Crippen molar-refractivity contribution in [2.75, 3.05) is 13.1 Å². The Hall–Kier alpha value is -2.45. The lowest BCUT2D eigenvalue weighted by atomic mass is 9.66. The monoisotopic (exact) mass is 461 g/mol. The number of aliphatic hydroxyl groups is 1. The van der Waals surface area contributed by atoms with Gasteiger partial charge in [0.25, 0.3) is 0 Å². The summed E-state index contributed by atoms with van der Waals surface area (Å²) >= 11 is 0. The van der Waals surface area contributed by atoms with Gasteiger partial charge >= 0.3 is 6.18 Å². The highest BCUT2D eigenvalue weighted by Gasteiger charge is 2.51. The smallest absolute Gasteiger partial charge is 0.385 e. The van der Waals surface area contributed by atoms with Crippen LogP contribution in [0.3, 0.4) is 0 Å². The molecule has 1 aromatic heterocycles. The molecule has 0 bridgehead atoms. The van der Waals surface area contributed by atoms with Gasteiger partial charge in [-0.2, -0.15) is 13.2 Å². The van der Waals surface area contributed by atoms with Crippen LogP contribution >= 0.6 is 0 Å². The summed E-state index contributed by atoms with van der Waals surface area (Å²) in [6.07, 6.45) is 2.64. The highest BCUT2D eigenvalue weighted by molar-refractivity contribution is 5.83. The summed E-state index contributed by atoms with van der Waals surface area (Å²) < 4.78 is 39.0. The number of piperidine rings is 1. The second-order valence-corrected chi connectivity index (χ2v) is 9.14. The molecule has 1 unspecified atom stereocenters. The van der Waals surface area contributed by atoms with Crippen molar-refractivity contribution in [2.45, 2.75) is 62.4 Å². The van der Waals surface area contributed by atoms with Crippen molar-refractivity contribution in [3.05, 3.63) is 66.0 Å². The molecule has 178 valence electrons. The van der Waals surface area contributed by atoms with Crippen LogP contribution in [0.4, 0.5) is 13.2 Å². The number of likely N-dealkylation sites (tertiary alicyclic amines) is 1. The van der Waals surface area contributed by atoms with Gasteiger partial charge in [-0.15, -0.1) is 0 Å². The number of carbonyl (C=O) groups is 1. The number of alkyl halides is 3. The molecule has 2 N–H and O–H groups in total. The molecule has 1 amide bonds. The van der Waals surface area contributed by atoms with E-state index in [0.717, 1.165) is 31.2 Å². The first-order chi connectivity index (χ1) is 15.8. The molecule has 33 heavy (non-hydrogen) atoms. The average Bonchev–Trinajstić information content (AvgIpc) is 2.82. The van der Waals surface area contributed by atoms with Crippen LogP contribution in [-0.2, 0) is 16.8 Å². The van der Waals surface area contributed by atoms with Crippen molar-refractivity contribution < 1.29 is 23.1 Å². The van der Waals surface area contributed by atoms with E-state index < -0.39 is 24.4 Å². The molecule has 2 aromatic rings. The molecule has 2 heterocycles. The largest absolute Gasteiger partial charge is 0.401 e. The van der Waals surface area contributed by atoms with Gasteiger partial charge < -0.3 is 10.0 Å². The fraction of sp³-hybridized carbons (Fsp3) is 0.520. The van der Waals surface area contributed by atoms with Crippen molar-refractivity contribution in [3.8, 4) is 0 Å². The van der Waals surface area contributed by atoms with Gasteiger partial charge in [-0.1, -0.05) is 49.2 Å². The van der Waals surface area contributed by atoms with E-state index in [1.165, 1.54) is 0 Å². The predicted molar refractivity (Wildman–Crippen MR) is 118 cm³/mol. The van der Waals surface area contributed by atoms with Crippen molar-refractivity contribution in [3.63, 3.8) is 0 Å². The molecule has 1 saturated heterocycles. The molecule has 1 aromatic carbocycles. The lowest BCUT2D eigenvalue weighted by Gasteiger charge is -2.53. The Labute approximate surface area is 192 Å². The zero-order chi connectivity index (χ0) is 23.5. The van der Waals surface area contributed by atoms with Gasteiger partial charge in [0.1, 0.15) is 0 Å². The summed E-state index contributed by atoms with van der Waals surface area (Å²) in [6, 6.07) is 11.8. The fourth-order valence-electron chi connectivity index (χ4n) is 5.48. The minimum atomic E-state index is -4.42. The Bertz CT molecular complexity index is 925. The zero-order valence-corrected chi connectivity index (χ0v) is 18.5. The molecule has 2 fully saturated rings. The summed E-state index contributed by atoms with van der Waals surface area (Å²) in [7, 11) is 0. The Balaban J connectivity index is 1.58. The second-order valence-electron chi connectivity index (χ2n) is 9.14. The zero-order valence-electron chi connectivity index (χ0n) is 18.5. The van der Waals surface area contributed by atoms with Crippen LogP contribution < -0.4 is 5.32 Å². The van der Waals surface area contributed by atoms with Crippen LogP contribution in [0.1, 0.15) is 43.2 Å². The lowest BCUT2D eigenvalue weighted by molar-refractivity contribution is -0.158. The molecular formula is C25H30F3N3O2. The maximum Gasteiger partial charge on any atom is 0.401 e. The quantitative estimate of drug-likeness (QED) is 0.687. The van der Waals surface area contributed by atoms with E-state index in [0.29, 0.717) is 18.5 Å². The SMILES string of the molecule is O=C([C@H](Cc1cccnc1)NCC(F)(F)F)N1CCC(O)(c2ccccc2)[C@@H]2CCCC[C@@H]21. The third-order valence-electron chi connectivity index (χ3n) is 7.04. The third-order valence-corrected chi connectivity index (χ3v) is 7.04. The number of hydrogen-bond donors (Lipinski definition) is 2. The molecule has 0 spiro atoms. The maximum absolute atomic E-state index is 13.6. The van der Waals surface area contributed by atoms with Crippen LogP contribution in [0.2, 0.25) is 0 Å². The maximum atomic E-state index is 13.6. The average molecular weight is 462 g/mol. The highest BCUT2D eigenvalue weighted by Crippen LogP contribution is 2.47. The number of carbonyl (C=O) groups excluding carboxylic acids is 1. The van der Waals surface area contributed by atoms with Gasteiger partial charge in [-0.3, -0.25) is 15.1 Å². The van der Waals surface area contributed by atoms with Gasteiger partial charge in [0.05, 0.1) is 18.2 Å². The summed E-state index contributed by atoms with van der Waals surface area (Å²) in [6.45, 7) is -0.928. The van der Waals surface area contributed by atoms with E-state index in [4.69, 9.17) is 0 Å². The molecule has 2 aliphatic rings. The molecule has 8 heteroatoms. The molecular weight excluding hydrogens is 431 g/mol. The standard InChI is InChI=1S/C25H30F3N3O2/c26-25(27,28)17-30-21(15-18-7-6-13-29-16-18)23(32)31-14-12-24(33,19-8-2-1-3-9-19)20-10-4-5-11-22(20)31/h1-3,6-9,13,16,20-22,30,33H,4-5,10-12,14-15,17H2/t20-,21+,22+,24?/m1/s1. The Kier molecular flexibility index (Phi) is 7.05. The lowest BCUT2D eigenvalue weighted by Crippen LogP contribution is -2.62. The van der Waals surface area contributed by atoms with Gasteiger partial charge in [0, 0.05) is 30.9 Å². The Morgan fingerprint density at radius 3 is 2.64 bits per heavy atom. The predicted octanol–water partition coefficient (Wildman–Crippen LogP) is 3.82. The number of benzene rings is 1. The highest BCUT2D eigenvalue weighted by atomic mass is 19.4. The van der Waals surface area contributed by atoms with Gasteiger partial charge in [0.2, 0.25) is 5.91 Å². The number of amides is 1. The van der Waals surface area contributed by atoms with Crippen LogP contribution in [0, 0.1) is 5.92 Å². The summed E-state index contributed by atoms with van der Waals surface area (Å²) in [5, 5.41) is 14.2. The first-order valence-electron chi connectivity index (χ1n) is 11.6. The van der Waals surface area contributed by atoms with E-state index >= 15 is 0 Å². The number of nitrogens with one attached hydrogen (secondary N) is 1. The van der Waals surface area contributed by atoms with Crippen molar-refractivity contribution in [1.82, 2.24) is 15.2 Å². The summed E-state index contributed by atoms with van der Waals surface area (Å²) in [5.41, 5.74) is 0.501. The Morgan fingerprint density at radius 1 is 1.18 bits per heavy atom. The van der Waals surface area contributed by atoms with E-state index in [1.54, 1.807) is 29.4 Å².